The van der Waals surface area contributed by atoms with Gasteiger partial charge in [0.1, 0.15) is 17.0 Å². The van der Waals surface area contributed by atoms with Crippen molar-refractivity contribution in [2.45, 2.75) is 6.18 Å². The highest BCUT2D eigenvalue weighted by molar-refractivity contribution is 5.87. The van der Waals surface area contributed by atoms with Gasteiger partial charge in [0.15, 0.2) is 5.58 Å². The van der Waals surface area contributed by atoms with Crippen LogP contribution < -0.4 is 0 Å². The maximum absolute atomic E-state index is 12.9. The Labute approximate surface area is 207 Å². The number of alkyl halides is 3. The van der Waals surface area contributed by atoms with E-state index in [1.165, 1.54) is 42.6 Å². The summed E-state index contributed by atoms with van der Waals surface area (Å²) in [4.78, 5) is 8.74. The number of rotatable bonds is 5. The fourth-order valence-corrected chi connectivity index (χ4v) is 3.47. The molecule has 4 aromatic carbocycles. The highest BCUT2D eigenvalue weighted by Gasteiger charge is 2.30. The van der Waals surface area contributed by atoms with E-state index in [0.717, 1.165) is 12.1 Å². The van der Waals surface area contributed by atoms with Gasteiger partial charge in [-0.15, -0.1) is 0 Å². The summed E-state index contributed by atoms with van der Waals surface area (Å²) in [7, 11) is 0. The molecule has 0 spiro atoms. The van der Waals surface area contributed by atoms with Gasteiger partial charge in [0.2, 0.25) is 5.89 Å². The summed E-state index contributed by atoms with van der Waals surface area (Å²) >= 11 is 0. The van der Waals surface area contributed by atoms with Gasteiger partial charge in [0.25, 0.3) is 0 Å². The van der Waals surface area contributed by atoms with Gasteiger partial charge in [-0.2, -0.15) is 23.4 Å². The Morgan fingerprint density at radius 3 is 2.27 bits per heavy atom. The van der Waals surface area contributed by atoms with Crippen LogP contribution in [0, 0.1) is 0 Å². The zero-order chi connectivity index (χ0) is 26.0. The van der Waals surface area contributed by atoms with Crippen LogP contribution in [0.15, 0.2) is 105 Å². The monoisotopic (exact) mass is 502 g/mol. The smallest absolute Gasteiger partial charge is 0.416 e. The van der Waals surface area contributed by atoms with Crippen LogP contribution >= 0.6 is 0 Å². The van der Waals surface area contributed by atoms with E-state index in [9.17, 15) is 23.4 Å². The predicted octanol–water partition coefficient (Wildman–Crippen LogP) is 8.09. The lowest BCUT2D eigenvalue weighted by molar-refractivity contribution is -0.137. The van der Waals surface area contributed by atoms with Gasteiger partial charge in [-0.05, 0) is 66.7 Å². The molecule has 37 heavy (non-hydrogen) atoms. The average Bonchev–Trinajstić information content (AvgIpc) is 3.32. The summed E-state index contributed by atoms with van der Waals surface area (Å²) in [6.45, 7) is 0. The third kappa shape index (κ3) is 5.32. The van der Waals surface area contributed by atoms with E-state index in [1.807, 2.05) is 12.1 Å². The topological polar surface area (TPSA) is 104 Å². The molecular formula is C27H17F3N4O3. The Balaban J connectivity index is 1.39. The van der Waals surface area contributed by atoms with E-state index in [2.05, 4.69) is 20.2 Å². The highest BCUT2D eigenvalue weighted by Crippen LogP contribution is 2.35. The maximum Gasteiger partial charge on any atom is 0.416 e. The molecular weight excluding hydrogens is 485 g/mol. The highest BCUT2D eigenvalue weighted by atomic mass is 19.4. The molecule has 10 heteroatoms. The minimum absolute atomic E-state index is 0.0361. The number of halogens is 3. The number of phenols is 2. The normalized spacial score (nSPS) is 12.2. The second-order valence-electron chi connectivity index (χ2n) is 7.94. The number of azo groups is 1. The number of phenolic OH excluding ortho intramolecular Hbond substituents is 2. The number of benzene rings is 4. The van der Waals surface area contributed by atoms with Crippen molar-refractivity contribution in [3.8, 4) is 23.0 Å². The molecule has 0 unspecified atom stereocenters. The molecule has 0 saturated carbocycles. The second-order valence-corrected chi connectivity index (χ2v) is 7.94. The van der Waals surface area contributed by atoms with Crippen molar-refractivity contribution in [1.29, 1.82) is 0 Å². The van der Waals surface area contributed by atoms with Gasteiger partial charge in [-0.3, -0.25) is 4.99 Å². The summed E-state index contributed by atoms with van der Waals surface area (Å²) in [5.74, 6) is 0.112. The summed E-state index contributed by atoms with van der Waals surface area (Å²) in [5, 5.41) is 28.4. The number of aromatic nitrogens is 1. The largest absolute Gasteiger partial charge is 0.507 e. The number of oxazole rings is 1. The van der Waals surface area contributed by atoms with Crippen molar-refractivity contribution in [2.75, 3.05) is 0 Å². The molecule has 184 valence electrons. The Morgan fingerprint density at radius 1 is 0.757 bits per heavy atom. The third-order valence-corrected chi connectivity index (χ3v) is 5.32. The fraction of sp³-hybridized carbons (Fsp3) is 0.0370. The molecule has 1 heterocycles. The molecule has 5 aromatic rings. The van der Waals surface area contributed by atoms with Crippen molar-refractivity contribution in [1.82, 2.24) is 4.98 Å². The average molecular weight is 502 g/mol. The first-order valence-electron chi connectivity index (χ1n) is 10.9. The van der Waals surface area contributed by atoms with Gasteiger partial charge in [0, 0.05) is 11.8 Å². The number of aliphatic imine (C=N–C) groups is 1. The lowest BCUT2D eigenvalue weighted by Gasteiger charge is -2.06. The molecule has 0 aliphatic heterocycles. The number of para-hydroxylation sites is 2. The third-order valence-electron chi connectivity index (χ3n) is 5.32. The standard InChI is InChI=1S/C27H17F3N4O3/c28-27(29,30)17-4-3-5-19(13-17)33-34-20-9-10-23(35)16(12-20)15-31-18-8-11-24(36)21(14-18)26-32-22-6-1-2-7-25(22)37-26/h1-15,35-36H. The van der Waals surface area contributed by atoms with Crippen LogP contribution in [0.3, 0.4) is 0 Å². The van der Waals surface area contributed by atoms with Crippen LogP contribution in [-0.4, -0.2) is 21.4 Å². The Hall–Kier alpha value is -4.99. The summed E-state index contributed by atoms with van der Waals surface area (Å²) < 4.78 is 44.5. The van der Waals surface area contributed by atoms with E-state index in [0.29, 0.717) is 33.6 Å². The van der Waals surface area contributed by atoms with Gasteiger partial charge < -0.3 is 14.6 Å². The van der Waals surface area contributed by atoms with Crippen molar-refractivity contribution in [3.63, 3.8) is 0 Å². The van der Waals surface area contributed by atoms with Crippen molar-refractivity contribution < 1.29 is 27.8 Å². The van der Waals surface area contributed by atoms with Crippen LogP contribution in [0.1, 0.15) is 11.1 Å². The number of aromatic hydroxyl groups is 2. The number of hydrogen-bond donors (Lipinski definition) is 2. The molecule has 0 bridgehead atoms. The first kappa shape index (κ1) is 23.7. The van der Waals surface area contributed by atoms with Gasteiger partial charge in [-0.1, -0.05) is 18.2 Å². The molecule has 7 nitrogen and oxygen atoms in total. The van der Waals surface area contributed by atoms with Gasteiger partial charge >= 0.3 is 6.18 Å². The molecule has 2 N–H and O–H groups in total. The lowest BCUT2D eigenvalue weighted by atomic mass is 10.1. The molecule has 0 saturated heterocycles. The van der Waals surface area contributed by atoms with Crippen molar-refractivity contribution in [3.05, 3.63) is 96.1 Å². The summed E-state index contributed by atoms with van der Waals surface area (Å²) in [6, 6.07) is 20.7. The van der Waals surface area contributed by atoms with E-state index >= 15 is 0 Å². The number of fused-ring (bicyclic) bond motifs is 1. The molecule has 1 aromatic heterocycles. The van der Waals surface area contributed by atoms with Crippen molar-refractivity contribution in [2.24, 2.45) is 15.2 Å². The van der Waals surface area contributed by atoms with Gasteiger partial charge in [-0.25, -0.2) is 4.98 Å². The minimum atomic E-state index is -4.48. The minimum Gasteiger partial charge on any atom is -0.507 e. The SMILES string of the molecule is Oc1ccc(N=Nc2cccc(C(F)(F)F)c2)cc1C=Nc1ccc(O)c(-c2nc3ccccc3o2)c1. The van der Waals surface area contributed by atoms with Crippen LogP contribution in [0.2, 0.25) is 0 Å². The van der Waals surface area contributed by atoms with E-state index in [-0.39, 0.29) is 23.1 Å². The van der Waals surface area contributed by atoms with Crippen LogP contribution in [0.4, 0.5) is 30.2 Å². The zero-order valence-electron chi connectivity index (χ0n) is 18.9. The lowest BCUT2D eigenvalue weighted by Crippen LogP contribution is -2.03. The Morgan fingerprint density at radius 2 is 1.49 bits per heavy atom. The summed E-state index contributed by atoms with van der Waals surface area (Å²) in [5.41, 5.74) is 1.83. The van der Waals surface area contributed by atoms with E-state index < -0.39 is 11.7 Å². The fourth-order valence-electron chi connectivity index (χ4n) is 3.47. The number of nitrogens with zero attached hydrogens (tertiary/aromatic N) is 4. The molecule has 0 aliphatic rings. The first-order valence-corrected chi connectivity index (χ1v) is 10.9. The maximum atomic E-state index is 12.9. The van der Waals surface area contributed by atoms with Crippen LogP contribution in [0.5, 0.6) is 11.5 Å². The van der Waals surface area contributed by atoms with E-state index in [1.54, 1.807) is 24.3 Å². The van der Waals surface area contributed by atoms with Crippen molar-refractivity contribution >= 4 is 34.4 Å². The summed E-state index contributed by atoms with van der Waals surface area (Å²) in [6.07, 6.45) is -3.09. The molecule has 0 radical (unpaired) electrons. The van der Waals surface area contributed by atoms with E-state index in [4.69, 9.17) is 4.42 Å². The van der Waals surface area contributed by atoms with Crippen LogP contribution in [0.25, 0.3) is 22.6 Å². The number of hydrogen-bond acceptors (Lipinski definition) is 7. The Bertz CT molecular complexity index is 1630. The molecule has 0 fully saturated rings. The van der Waals surface area contributed by atoms with Gasteiger partial charge in [0.05, 0.1) is 28.2 Å². The molecule has 0 amide bonds. The second kappa shape index (κ2) is 9.57. The molecule has 0 aliphatic carbocycles. The predicted molar refractivity (Wildman–Crippen MR) is 132 cm³/mol. The molecule has 0 atom stereocenters. The zero-order valence-corrected chi connectivity index (χ0v) is 18.9. The Kier molecular flexibility index (Phi) is 6.14. The molecule has 5 rings (SSSR count). The van der Waals surface area contributed by atoms with Crippen LogP contribution in [-0.2, 0) is 6.18 Å². The quantitative estimate of drug-likeness (QED) is 0.187. The first-order chi connectivity index (χ1) is 17.8.